The maximum atomic E-state index is 11.9. The van der Waals surface area contributed by atoms with Crippen molar-refractivity contribution >= 4 is 12.0 Å². The second kappa shape index (κ2) is 14.1. The van der Waals surface area contributed by atoms with E-state index in [0.29, 0.717) is 39.1 Å². The summed E-state index contributed by atoms with van der Waals surface area (Å²) in [5.41, 5.74) is 4.92. The number of hydrogen-bond donors (Lipinski definition) is 1. The Labute approximate surface area is 202 Å². The fraction of sp³-hybridized carbons (Fsp3) is 0.519. The maximum Gasteiger partial charge on any atom is 0.150 e. The zero-order chi connectivity index (χ0) is 24.2. The van der Waals surface area contributed by atoms with Gasteiger partial charge in [-0.05, 0) is 67.6 Å². The number of anilines is 1. The molecule has 1 heterocycles. The molecule has 0 aliphatic carbocycles. The highest BCUT2D eigenvalue weighted by molar-refractivity contribution is 5.86. The van der Waals surface area contributed by atoms with E-state index in [-0.39, 0.29) is 6.61 Å². The third-order valence-corrected chi connectivity index (χ3v) is 6.12. The number of hydrogen-bond acceptors (Lipinski definition) is 7. The molecule has 7 heteroatoms. The van der Waals surface area contributed by atoms with Crippen molar-refractivity contribution in [2.24, 2.45) is 0 Å². The van der Waals surface area contributed by atoms with Gasteiger partial charge in [-0.25, -0.2) is 0 Å². The van der Waals surface area contributed by atoms with E-state index in [1.807, 2.05) is 37.3 Å². The SMILES string of the molecule is CCN(c1cc(-c2ccc(OCCOCCOCCO)cc2)cc(C=O)c1C)C1CCOCC1. The molecule has 1 aliphatic heterocycles. The Morgan fingerprint density at radius 3 is 2.32 bits per heavy atom. The Morgan fingerprint density at radius 1 is 1.00 bits per heavy atom. The molecule has 0 radical (unpaired) electrons. The van der Waals surface area contributed by atoms with E-state index >= 15 is 0 Å². The van der Waals surface area contributed by atoms with Gasteiger partial charge in [0.25, 0.3) is 0 Å². The summed E-state index contributed by atoms with van der Waals surface area (Å²) < 4.78 is 21.9. The molecular formula is C27H37NO6. The van der Waals surface area contributed by atoms with Crippen molar-refractivity contribution in [1.82, 2.24) is 0 Å². The molecule has 0 amide bonds. The van der Waals surface area contributed by atoms with Gasteiger partial charge in [0.2, 0.25) is 0 Å². The molecule has 0 spiro atoms. The highest BCUT2D eigenvalue weighted by Gasteiger charge is 2.23. The lowest BCUT2D eigenvalue weighted by molar-refractivity contribution is 0.0247. The Bertz CT molecular complexity index is 879. The van der Waals surface area contributed by atoms with E-state index in [4.69, 9.17) is 24.1 Å². The number of aldehydes is 1. The molecule has 1 aliphatic rings. The van der Waals surface area contributed by atoms with Crippen LogP contribution in [0.15, 0.2) is 36.4 Å². The van der Waals surface area contributed by atoms with Crippen LogP contribution in [0.5, 0.6) is 5.75 Å². The number of rotatable bonds is 14. The number of benzene rings is 2. The van der Waals surface area contributed by atoms with Gasteiger partial charge in [-0.1, -0.05) is 12.1 Å². The summed E-state index contributed by atoms with van der Waals surface area (Å²) in [6.07, 6.45) is 2.95. The molecule has 2 aromatic rings. The van der Waals surface area contributed by atoms with Crippen LogP contribution < -0.4 is 9.64 Å². The van der Waals surface area contributed by atoms with Crippen molar-refractivity contribution < 1.29 is 28.8 Å². The third-order valence-electron chi connectivity index (χ3n) is 6.12. The van der Waals surface area contributed by atoms with Crippen LogP contribution in [0.25, 0.3) is 11.1 Å². The second-order valence-corrected chi connectivity index (χ2v) is 8.28. The lowest BCUT2D eigenvalue weighted by Crippen LogP contribution is -2.40. The van der Waals surface area contributed by atoms with Crippen LogP contribution in [0.4, 0.5) is 5.69 Å². The lowest BCUT2D eigenvalue weighted by atomic mass is 9.96. The van der Waals surface area contributed by atoms with E-state index in [9.17, 15) is 4.79 Å². The molecule has 0 saturated carbocycles. The summed E-state index contributed by atoms with van der Waals surface area (Å²) in [6, 6.07) is 12.5. The van der Waals surface area contributed by atoms with Gasteiger partial charge in [0.05, 0.1) is 33.0 Å². The Kier molecular flexibility index (Phi) is 10.8. The molecule has 1 saturated heterocycles. The van der Waals surface area contributed by atoms with Crippen LogP contribution in [0.2, 0.25) is 0 Å². The Balaban J connectivity index is 1.65. The summed E-state index contributed by atoms with van der Waals surface area (Å²) in [7, 11) is 0. The van der Waals surface area contributed by atoms with Crippen molar-refractivity contribution in [1.29, 1.82) is 0 Å². The minimum Gasteiger partial charge on any atom is -0.491 e. The number of nitrogens with zero attached hydrogens (tertiary/aromatic N) is 1. The van der Waals surface area contributed by atoms with Crippen molar-refractivity contribution in [3.63, 3.8) is 0 Å². The van der Waals surface area contributed by atoms with Gasteiger partial charge in [0.15, 0.2) is 0 Å². The van der Waals surface area contributed by atoms with Crippen LogP contribution >= 0.6 is 0 Å². The molecule has 0 unspecified atom stereocenters. The summed E-state index contributed by atoms with van der Waals surface area (Å²) in [5.74, 6) is 0.768. The van der Waals surface area contributed by atoms with Gasteiger partial charge in [-0.2, -0.15) is 0 Å². The van der Waals surface area contributed by atoms with Gasteiger partial charge < -0.3 is 29.0 Å². The van der Waals surface area contributed by atoms with E-state index in [1.54, 1.807) is 0 Å². The first kappa shape index (κ1) is 26.2. The highest BCUT2D eigenvalue weighted by Crippen LogP contribution is 2.33. The van der Waals surface area contributed by atoms with Gasteiger partial charge in [0, 0.05) is 37.1 Å². The highest BCUT2D eigenvalue weighted by atomic mass is 16.5. The quantitative estimate of drug-likeness (QED) is 0.331. The van der Waals surface area contributed by atoms with Crippen LogP contribution in [0.3, 0.4) is 0 Å². The summed E-state index contributed by atoms with van der Waals surface area (Å²) in [4.78, 5) is 14.3. The van der Waals surface area contributed by atoms with Crippen molar-refractivity contribution in [2.45, 2.75) is 32.7 Å². The zero-order valence-electron chi connectivity index (χ0n) is 20.3. The molecule has 2 aromatic carbocycles. The van der Waals surface area contributed by atoms with E-state index in [2.05, 4.69) is 17.9 Å². The van der Waals surface area contributed by atoms with E-state index in [1.165, 1.54) is 0 Å². The molecule has 0 aromatic heterocycles. The number of carbonyl (C=O) groups excluding carboxylic acids is 1. The van der Waals surface area contributed by atoms with Gasteiger partial charge >= 0.3 is 0 Å². The van der Waals surface area contributed by atoms with Crippen molar-refractivity contribution in [3.8, 4) is 16.9 Å². The predicted octanol–water partition coefficient (Wildman–Crippen LogP) is 3.88. The van der Waals surface area contributed by atoms with Gasteiger partial charge in [-0.15, -0.1) is 0 Å². The zero-order valence-corrected chi connectivity index (χ0v) is 20.3. The smallest absolute Gasteiger partial charge is 0.150 e. The Hall–Kier alpha value is -2.45. The number of aliphatic hydroxyl groups excluding tert-OH is 1. The molecule has 1 N–H and O–H groups in total. The number of aliphatic hydroxyl groups is 1. The minimum atomic E-state index is 0.0201. The standard InChI is InChI=1S/C27H37NO6/c1-3-28(25-8-11-31-12-9-25)27-19-23(18-24(20-30)21(27)2)22-4-6-26(7-5-22)34-17-16-33-15-14-32-13-10-29/h4-7,18-20,25,29H,3,8-17H2,1-2H3. The van der Waals surface area contributed by atoms with Gasteiger partial charge in [0.1, 0.15) is 18.6 Å². The lowest BCUT2D eigenvalue weighted by Gasteiger charge is -2.36. The van der Waals surface area contributed by atoms with Crippen LogP contribution in [0.1, 0.15) is 35.7 Å². The second-order valence-electron chi connectivity index (χ2n) is 8.28. The summed E-state index contributed by atoms with van der Waals surface area (Å²) >= 11 is 0. The van der Waals surface area contributed by atoms with Gasteiger partial charge in [-0.3, -0.25) is 4.79 Å². The molecule has 1 fully saturated rings. The Morgan fingerprint density at radius 2 is 1.68 bits per heavy atom. The first-order valence-corrected chi connectivity index (χ1v) is 12.1. The number of ether oxygens (including phenoxy) is 4. The molecular weight excluding hydrogens is 434 g/mol. The molecule has 0 bridgehead atoms. The predicted molar refractivity (Wildman–Crippen MR) is 133 cm³/mol. The molecule has 7 nitrogen and oxygen atoms in total. The molecule has 0 atom stereocenters. The average Bonchev–Trinajstić information content (AvgIpc) is 2.88. The van der Waals surface area contributed by atoms with Crippen LogP contribution in [0, 0.1) is 6.92 Å². The molecule has 3 rings (SSSR count). The largest absolute Gasteiger partial charge is 0.491 e. The third kappa shape index (κ3) is 7.27. The van der Waals surface area contributed by atoms with E-state index < -0.39 is 0 Å². The normalized spacial score (nSPS) is 14.2. The van der Waals surface area contributed by atoms with Crippen LogP contribution in [-0.4, -0.2) is 76.8 Å². The number of carbonyl (C=O) groups is 1. The average molecular weight is 472 g/mol. The van der Waals surface area contributed by atoms with Crippen molar-refractivity contribution in [2.75, 3.05) is 64.3 Å². The first-order valence-electron chi connectivity index (χ1n) is 12.1. The minimum absolute atomic E-state index is 0.0201. The monoisotopic (exact) mass is 471 g/mol. The fourth-order valence-electron chi connectivity index (χ4n) is 4.28. The van der Waals surface area contributed by atoms with E-state index in [0.717, 1.165) is 72.6 Å². The van der Waals surface area contributed by atoms with Crippen LogP contribution in [-0.2, 0) is 14.2 Å². The first-order chi connectivity index (χ1) is 16.7. The molecule has 186 valence electrons. The molecule has 34 heavy (non-hydrogen) atoms. The fourth-order valence-corrected chi connectivity index (χ4v) is 4.28. The topological polar surface area (TPSA) is 77.5 Å². The summed E-state index contributed by atoms with van der Waals surface area (Å²) in [5, 5.41) is 8.66. The summed E-state index contributed by atoms with van der Waals surface area (Å²) in [6.45, 7) is 8.84. The van der Waals surface area contributed by atoms with Crippen molar-refractivity contribution in [3.05, 3.63) is 47.5 Å². The maximum absolute atomic E-state index is 11.9.